The monoisotopic (exact) mass is 503 g/mol. The molecule has 2 aromatic heterocycles. The molecule has 190 valence electrons. The van der Waals surface area contributed by atoms with Crippen LogP contribution >= 0.6 is 0 Å². The van der Waals surface area contributed by atoms with Crippen LogP contribution in [0.2, 0.25) is 0 Å². The van der Waals surface area contributed by atoms with Gasteiger partial charge in [0.15, 0.2) is 11.3 Å². The lowest BCUT2D eigenvalue weighted by molar-refractivity contribution is 0.339. The van der Waals surface area contributed by atoms with Crippen LogP contribution in [-0.4, -0.2) is 74.1 Å². The molecule has 2 unspecified atom stereocenters. The molecule has 3 aromatic rings. The minimum absolute atomic E-state index is 0.207. The second kappa shape index (κ2) is 10.2. The molecule has 1 saturated carbocycles. The smallest absolute Gasteiger partial charge is 0.363 e. The van der Waals surface area contributed by atoms with Gasteiger partial charge >= 0.3 is 11.3 Å². The molecule has 11 heteroatoms. The Balaban J connectivity index is 1.89. The number of imidazole rings is 1. The van der Waals surface area contributed by atoms with Crippen molar-refractivity contribution < 1.29 is 13.5 Å². The quantitative estimate of drug-likeness (QED) is 0.341. The van der Waals surface area contributed by atoms with Crippen LogP contribution in [0.5, 0.6) is 5.75 Å². The minimum atomic E-state index is -2.18. The summed E-state index contributed by atoms with van der Waals surface area (Å²) in [6.45, 7) is 5.18. The van der Waals surface area contributed by atoms with E-state index in [0.717, 1.165) is 31.5 Å². The van der Waals surface area contributed by atoms with E-state index in [1.807, 2.05) is 32.8 Å². The van der Waals surface area contributed by atoms with Crippen LogP contribution in [0, 0.1) is 6.92 Å². The molecule has 35 heavy (non-hydrogen) atoms. The van der Waals surface area contributed by atoms with Crippen molar-refractivity contribution in [2.75, 3.05) is 40.8 Å². The molecule has 0 bridgehead atoms. The molecule has 2 N–H and O–H groups in total. The maximum absolute atomic E-state index is 13.2. The second-order valence-corrected chi connectivity index (χ2v) is 10.8. The molecule has 10 nitrogen and oxygen atoms in total. The number of nitrogens with zero attached hydrogens (tertiary/aromatic N) is 5. The molecule has 1 aromatic carbocycles. The summed E-state index contributed by atoms with van der Waals surface area (Å²) in [5.41, 5.74) is 2.02. The van der Waals surface area contributed by atoms with Crippen molar-refractivity contribution >= 4 is 22.5 Å². The van der Waals surface area contributed by atoms with E-state index in [1.165, 1.54) is 0 Å². The van der Waals surface area contributed by atoms with Gasteiger partial charge in [-0.15, -0.1) is 5.10 Å². The van der Waals surface area contributed by atoms with Crippen LogP contribution in [0.1, 0.15) is 50.0 Å². The van der Waals surface area contributed by atoms with Gasteiger partial charge in [-0.1, -0.05) is 12.8 Å². The molecule has 0 aliphatic heterocycles. The van der Waals surface area contributed by atoms with Gasteiger partial charge in [-0.25, -0.2) is 9.50 Å². The molecule has 1 fully saturated rings. The summed E-state index contributed by atoms with van der Waals surface area (Å²) >= 11 is -2.18. The van der Waals surface area contributed by atoms with Crippen molar-refractivity contribution in [2.45, 2.75) is 45.4 Å². The highest BCUT2D eigenvalue weighted by Gasteiger charge is 2.34. The molecule has 0 saturated heterocycles. The number of quaternary nitrogens is 1. The topological polar surface area (TPSA) is 113 Å². The fourth-order valence-electron chi connectivity index (χ4n) is 4.73. The number of fused-ring (bicyclic) bond motifs is 1. The number of aromatic amines is 1. The average molecular weight is 504 g/mol. The van der Waals surface area contributed by atoms with Crippen molar-refractivity contribution in [1.29, 1.82) is 0 Å². The Morgan fingerprint density at radius 1 is 1.31 bits per heavy atom. The maximum atomic E-state index is 13.2. The first-order chi connectivity index (χ1) is 16.7. The number of nitrogens with one attached hydrogen (secondary N) is 1. The lowest BCUT2D eigenvalue weighted by atomic mass is 10.1. The molecule has 2 atom stereocenters. The van der Waals surface area contributed by atoms with Crippen LogP contribution in [0.3, 0.4) is 0 Å². The van der Waals surface area contributed by atoms with E-state index in [-0.39, 0.29) is 15.4 Å². The second-order valence-electron chi connectivity index (χ2n) is 9.57. The number of hydrogen-bond donors (Lipinski definition) is 2. The van der Waals surface area contributed by atoms with Crippen molar-refractivity contribution in [2.24, 2.45) is 0 Å². The van der Waals surface area contributed by atoms with Gasteiger partial charge in [0.05, 0.1) is 24.9 Å². The first-order valence-electron chi connectivity index (χ1n) is 12.0. The molecule has 0 spiro atoms. The van der Waals surface area contributed by atoms with Crippen LogP contribution in [-0.2, 0) is 11.3 Å². The maximum Gasteiger partial charge on any atom is 0.363 e. The Labute approximate surface area is 207 Å². The van der Waals surface area contributed by atoms with Gasteiger partial charge in [0, 0.05) is 24.6 Å². The number of hydrogen-bond acceptors (Lipinski definition) is 6. The lowest BCUT2D eigenvalue weighted by Gasteiger charge is -2.30. The van der Waals surface area contributed by atoms with E-state index in [2.05, 4.69) is 4.98 Å². The number of rotatable bonds is 9. The van der Waals surface area contributed by atoms with Gasteiger partial charge in [0.1, 0.15) is 23.8 Å². The summed E-state index contributed by atoms with van der Waals surface area (Å²) in [5.74, 6) is 1.98. The minimum Gasteiger partial charge on any atom is -0.493 e. The van der Waals surface area contributed by atoms with Crippen LogP contribution in [0.25, 0.3) is 16.9 Å². The largest absolute Gasteiger partial charge is 0.493 e. The van der Waals surface area contributed by atoms with Gasteiger partial charge in [0.25, 0.3) is 5.56 Å². The Hall–Kier alpha value is -2.60. The van der Waals surface area contributed by atoms with Gasteiger partial charge < -0.3 is 14.6 Å². The summed E-state index contributed by atoms with van der Waals surface area (Å²) in [6.07, 6.45) is 4.36. The predicted molar refractivity (Wildman–Crippen MR) is 138 cm³/mol. The zero-order valence-corrected chi connectivity index (χ0v) is 21.9. The van der Waals surface area contributed by atoms with Crippen LogP contribution in [0.4, 0.5) is 5.69 Å². The highest BCUT2D eigenvalue weighted by molar-refractivity contribution is 7.78. The molecule has 0 amide bonds. The van der Waals surface area contributed by atoms with E-state index in [0.29, 0.717) is 53.7 Å². The standard InChI is InChI=1S/C24H34N6O4S/c1-6-34-20-12-11-18(30(5,35(32)33)14-13-28(3)4)15-19(20)22-26-24(31)21-16(2)25-23(29(21)27-22)17-9-7-8-10-17/h11-12,15,17H,6-10,13-14H2,1-5H3,(H-,26,27,31,32,33)/p+1. The molecule has 4 rings (SSSR count). The van der Waals surface area contributed by atoms with Crippen molar-refractivity contribution in [1.82, 2.24) is 28.4 Å². The van der Waals surface area contributed by atoms with E-state index in [9.17, 15) is 13.6 Å². The first-order valence-corrected chi connectivity index (χ1v) is 13.1. The van der Waals surface area contributed by atoms with Gasteiger partial charge in [-0.05, 0) is 46.9 Å². The molecule has 0 radical (unpaired) electrons. The fourth-order valence-corrected chi connectivity index (χ4v) is 5.26. The normalized spacial score (nSPS) is 17.2. The van der Waals surface area contributed by atoms with E-state index in [1.54, 1.807) is 29.8 Å². The summed E-state index contributed by atoms with van der Waals surface area (Å²) in [6, 6.07) is 5.35. The SMILES string of the molecule is CCOc1ccc([N+](C)(CCN(C)C)S(=O)O)cc1-c1nn2c(C3CCCC3)nc(C)c2c(=O)[nH]1. The van der Waals surface area contributed by atoms with E-state index in [4.69, 9.17) is 14.8 Å². The Kier molecular flexibility index (Phi) is 7.41. The number of benzene rings is 1. The third-order valence-electron chi connectivity index (χ3n) is 6.80. The number of H-pyrrole nitrogens is 1. The molecular weight excluding hydrogens is 468 g/mol. The zero-order chi connectivity index (χ0) is 25.3. The lowest BCUT2D eigenvalue weighted by Crippen LogP contribution is -2.50. The Morgan fingerprint density at radius 3 is 2.66 bits per heavy atom. The molecule has 2 heterocycles. The Bertz CT molecular complexity index is 1300. The average Bonchev–Trinajstić information content (AvgIpc) is 3.46. The van der Waals surface area contributed by atoms with Gasteiger partial charge in [0.2, 0.25) is 0 Å². The zero-order valence-electron chi connectivity index (χ0n) is 21.1. The predicted octanol–water partition coefficient (Wildman–Crippen LogP) is 3.08. The summed E-state index contributed by atoms with van der Waals surface area (Å²) in [7, 11) is 5.57. The van der Waals surface area contributed by atoms with Crippen molar-refractivity contribution in [3.63, 3.8) is 0 Å². The highest BCUT2D eigenvalue weighted by atomic mass is 32.2. The molecule has 1 aliphatic carbocycles. The third kappa shape index (κ3) is 4.90. The molecule has 1 aliphatic rings. The van der Waals surface area contributed by atoms with Crippen molar-refractivity contribution in [3.05, 3.63) is 40.1 Å². The van der Waals surface area contributed by atoms with E-state index < -0.39 is 11.3 Å². The summed E-state index contributed by atoms with van der Waals surface area (Å²) in [4.78, 5) is 22.8. The van der Waals surface area contributed by atoms with Crippen LogP contribution < -0.4 is 14.2 Å². The number of aryl methyl sites for hydroxylation is 1. The number of likely N-dealkylation sites (N-methyl/N-ethyl adjacent to an activating group) is 2. The molecular formula is C24H35N6O4S+. The fraction of sp³-hybridized carbons (Fsp3) is 0.542. The van der Waals surface area contributed by atoms with Gasteiger partial charge in [-0.2, -0.15) is 8.10 Å². The van der Waals surface area contributed by atoms with Crippen LogP contribution in [0.15, 0.2) is 23.0 Å². The van der Waals surface area contributed by atoms with E-state index >= 15 is 0 Å². The van der Waals surface area contributed by atoms with Gasteiger partial charge in [-0.3, -0.25) is 9.35 Å². The first kappa shape index (κ1) is 25.5. The third-order valence-corrected chi connectivity index (χ3v) is 7.89. The number of aromatic nitrogens is 4. The van der Waals surface area contributed by atoms with Crippen molar-refractivity contribution in [3.8, 4) is 17.1 Å². The summed E-state index contributed by atoms with van der Waals surface area (Å²) in [5, 5.41) is 4.82. The number of ether oxygens (including phenoxy) is 1. The summed E-state index contributed by atoms with van der Waals surface area (Å²) < 4.78 is 30.0. The highest BCUT2D eigenvalue weighted by Crippen LogP contribution is 2.36. The Morgan fingerprint density at radius 2 is 2.03 bits per heavy atom.